The standard InChI is InChI=1S/C22H17Cl2N5O3/c1-32-22(31)16-5-3-2-4-13(16)11-29-12-15(10-25-29)26-21(30)20-9-19(27-28-20)17-7-6-14(23)8-18(17)24/h2-10,12H,11H2,1H3,(H,26,30)(H,27,28). The Morgan fingerprint density at radius 2 is 1.97 bits per heavy atom. The maximum atomic E-state index is 12.6. The zero-order valence-corrected chi connectivity index (χ0v) is 18.3. The number of rotatable bonds is 6. The van der Waals surface area contributed by atoms with Crippen molar-refractivity contribution in [2.75, 3.05) is 12.4 Å². The van der Waals surface area contributed by atoms with Gasteiger partial charge >= 0.3 is 5.97 Å². The Morgan fingerprint density at radius 3 is 2.75 bits per heavy atom. The highest BCUT2D eigenvalue weighted by molar-refractivity contribution is 6.36. The number of anilines is 1. The van der Waals surface area contributed by atoms with E-state index in [9.17, 15) is 9.59 Å². The fourth-order valence-electron chi connectivity index (χ4n) is 3.13. The molecule has 2 N–H and O–H groups in total. The van der Waals surface area contributed by atoms with Crippen molar-refractivity contribution < 1.29 is 14.3 Å². The Hall–Kier alpha value is -3.62. The third-order valence-corrected chi connectivity index (χ3v) is 5.22. The molecule has 0 spiro atoms. The quantitative estimate of drug-likeness (QED) is 0.399. The number of H-pyrrole nitrogens is 1. The molecular weight excluding hydrogens is 453 g/mol. The zero-order chi connectivity index (χ0) is 22.7. The van der Waals surface area contributed by atoms with Crippen LogP contribution in [0.1, 0.15) is 26.4 Å². The summed E-state index contributed by atoms with van der Waals surface area (Å²) in [5.74, 6) is -0.805. The Morgan fingerprint density at radius 1 is 1.16 bits per heavy atom. The Balaban J connectivity index is 1.46. The van der Waals surface area contributed by atoms with Gasteiger partial charge in [-0.05, 0) is 35.9 Å². The van der Waals surface area contributed by atoms with Gasteiger partial charge in [-0.1, -0.05) is 41.4 Å². The van der Waals surface area contributed by atoms with Crippen LogP contribution in [0.4, 0.5) is 5.69 Å². The van der Waals surface area contributed by atoms with Crippen LogP contribution in [-0.4, -0.2) is 39.0 Å². The normalized spacial score (nSPS) is 10.7. The average Bonchev–Trinajstić information content (AvgIpc) is 3.43. The summed E-state index contributed by atoms with van der Waals surface area (Å²) in [6.07, 6.45) is 3.19. The molecule has 0 fully saturated rings. The molecule has 1 amide bonds. The molecule has 2 aromatic heterocycles. The first-order valence-electron chi connectivity index (χ1n) is 9.45. The SMILES string of the molecule is COC(=O)c1ccccc1Cn1cc(NC(=O)c2cc(-c3ccc(Cl)cc3Cl)n[nH]2)cn1. The van der Waals surface area contributed by atoms with Crippen molar-refractivity contribution in [3.63, 3.8) is 0 Å². The van der Waals surface area contributed by atoms with Gasteiger partial charge in [-0.3, -0.25) is 14.6 Å². The van der Waals surface area contributed by atoms with Crippen molar-refractivity contribution in [1.29, 1.82) is 0 Å². The number of aromatic nitrogens is 4. The van der Waals surface area contributed by atoms with Crippen LogP contribution in [0.2, 0.25) is 10.0 Å². The number of halogens is 2. The molecular formula is C22H17Cl2N5O3. The summed E-state index contributed by atoms with van der Waals surface area (Å²) in [7, 11) is 1.34. The second-order valence-corrected chi connectivity index (χ2v) is 7.66. The lowest BCUT2D eigenvalue weighted by Gasteiger charge is -2.07. The Kier molecular flexibility index (Phi) is 6.25. The van der Waals surface area contributed by atoms with Gasteiger partial charge in [0, 0.05) is 16.8 Å². The van der Waals surface area contributed by atoms with Crippen molar-refractivity contribution in [2.45, 2.75) is 6.54 Å². The largest absolute Gasteiger partial charge is 0.465 e. The minimum atomic E-state index is -0.419. The molecule has 0 aliphatic heterocycles. The lowest BCUT2D eigenvalue weighted by atomic mass is 10.1. The van der Waals surface area contributed by atoms with Crippen LogP contribution in [0.3, 0.4) is 0 Å². The minimum Gasteiger partial charge on any atom is -0.465 e. The van der Waals surface area contributed by atoms with Gasteiger partial charge in [0.25, 0.3) is 5.91 Å². The highest BCUT2D eigenvalue weighted by Gasteiger charge is 2.15. The van der Waals surface area contributed by atoms with Gasteiger partial charge < -0.3 is 10.1 Å². The molecule has 8 nitrogen and oxygen atoms in total. The first kappa shape index (κ1) is 21.6. The van der Waals surface area contributed by atoms with Crippen molar-refractivity contribution in [2.24, 2.45) is 0 Å². The van der Waals surface area contributed by atoms with Gasteiger partial charge in [-0.15, -0.1) is 0 Å². The third kappa shape index (κ3) is 4.66. The average molecular weight is 470 g/mol. The molecule has 0 aliphatic rings. The number of amides is 1. The molecule has 4 aromatic rings. The zero-order valence-electron chi connectivity index (χ0n) is 16.8. The number of aromatic amines is 1. The molecule has 162 valence electrons. The summed E-state index contributed by atoms with van der Waals surface area (Å²) in [6.45, 7) is 0.338. The smallest absolute Gasteiger partial charge is 0.338 e. The fourth-order valence-corrected chi connectivity index (χ4v) is 3.63. The number of benzene rings is 2. The van der Waals surface area contributed by atoms with E-state index in [1.165, 1.54) is 13.3 Å². The number of nitrogens with zero attached hydrogens (tertiary/aromatic N) is 3. The Bertz CT molecular complexity index is 1300. The van der Waals surface area contributed by atoms with Crippen LogP contribution in [0.25, 0.3) is 11.3 Å². The van der Waals surface area contributed by atoms with E-state index in [4.69, 9.17) is 27.9 Å². The van der Waals surface area contributed by atoms with Crippen LogP contribution in [0.5, 0.6) is 0 Å². The van der Waals surface area contributed by atoms with E-state index in [0.717, 1.165) is 5.56 Å². The molecule has 10 heteroatoms. The number of ether oxygens (including phenoxy) is 1. The van der Waals surface area contributed by atoms with Crippen LogP contribution < -0.4 is 5.32 Å². The summed E-state index contributed by atoms with van der Waals surface area (Å²) < 4.78 is 6.43. The van der Waals surface area contributed by atoms with Gasteiger partial charge in [0.15, 0.2) is 0 Å². The fraction of sp³-hybridized carbons (Fsp3) is 0.0909. The number of esters is 1. The third-order valence-electron chi connectivity index (χ3n) is 4.68. The number of hydrogen-bond donors (Lipinski definition) is 2. The monoisotopic (exact) mass is 469 g/mol. The van der Waals surface area contributed by atoms with Crippen molar-refractivity contribution in [1.82, 2.24) is 20.0 Å². The van der Waals surface area contributed by atoms with Gasteiger partial charge in [0.1, 0.15) is 5.69 Å². The molecule has 0 saturated carbocycles. The number of methoxy groups -OCH3 is 1. The molecule has 0 aliphatic carbocycles. The molecule has 2 aromatic carbocycles. The van der Waals surface area contributed by atoms with Crippen molar-refractivity contribution in [3.8, 4) is 11.3 Å². The van der Waals surface area contributed by atoms with Crippen molar-refractivity contribution >= 4 is 40.8 Å². The highest BCUT2D eigenvalue weighted by atomic mass is 35.5. The van der Waals surface area contributed by atoms with Crippen LogP contribution >= 0.6 is 23.2 Å². The predicted octanol–water partition coefficient (Wildman–Crippen LogP) is 4.67. The predicted molar refractivity (Wildman–Crippen MR) is 121 cm³/mol. The van der Waals surface area contributed by atoms with E-state index in [1.54, 1.807) is 47.3 Å². The molecule has 32 heavy (non-hydrogen) atoms. The number of nitrogens with one attached hydrogen (secondary N) is 2. The first-order valence-corrected chi connectivity index (χ1v) is 10.2. The van der Waals surface area contributed by atoms with Crippen molar-refractivity contribution in [3.05, 3.63) is 87.8 Å². The summed E-state index contributed by atoms with van der Waals surface area (Å²) in [5, 5.41) is 14.8. The summed E-state index contributed by atoms with van der Waals surface area (Å²) >= 11 is 12.1. The molecule has 0 unspecified atom stereocenters. The second kappa shape index (κ2) is 9.25. The molecule has 0 radical (unpaired) electrons. The minimum absolute atomic E-state index is 0.259. The summed E-state index contributed by atoms with van der Waals surface area (Å²) in [6, 6.07) is 13.7. The van der Waals surface area contributed by atoms with Crippen LogP contribution in [0, 0.1) is 0 Å². The highest BCUT2D eigenvalue weighted by Crippen LogP contribution is 2.29. The lowest BCUT2D eigenvalue weighted by molar-refractivity contribution is 0.0599. The van der Waals surface area contributed by atoms with E-state index < -0.39 is 5.97 Å². The molecule has 2 heterocycles. The molecule has 0 atom stereocenters. The maximum Gasteiger partial charge on any atom is 0.338 e. The summed E-state index contributed by atoms with van der Waals surface area (Å²) in [5.41, 5.74) is 3.14. The Labute approximate surface area is 193 Å². The van der Waals surface area contributed by atoms with E-state index >= 15 is 0 Å². The van der Waals surface area contributed by atoms with E-state index in [-0.39, 0.29) is 11.6 Å². The van der Waals surface area contributed by atoms with Gasteiger partial charge in [-0.25, -0.2) is 4.79 Å². The second-order valence-electron chi connectivity index (χ2n) is 6.82. The van der Waals surface area contributed by atoms with Crippen LogP contribution in [-0.2, 0) is 11.3 Å². The number of hydrogen-bond acceptors (Lipinski definition) is 5. The topological polar surface area (TPSA) is 102 Å². The maximum absolute atomic E-state index is 12.6. The number of carbonyl (C=O) groups is 2. The van der Waals surface area contributed by atoms with E-state index in [1.807, 2.05) is 12.1 Å². The van der Waals surface area contributed by atoms with Crippen LogP contribution in [0.15, 0.2) is 60.9 Å². The number of carbonyl (C=O) groups excluding carboxylic acids is 2. The first-order chi connectivity index (χ1) is 15.4. The van der Waals surface area contributed by atoms with Gasteiger partial charge in [0.05, 0.1) is 41.8 Å². The molecule has 4 rings (SSSR count). The summed E-state index contributed by atoms with van der Waals surface area (Å²) in [4.78, 5) is 24.6. The molecule has 0 bridgehead atoms. The van der Waals surface area contributed by atoms with E-state index in [2.05, 4.69) is 20.6 Å². The van der Waals surface area contributed by atoms with Gasteiger partial charge in [-0.2, -0.15) is 10.2 Å². The lowest BCUT2D eigenvalue weighted by Crippen LogP contribution is -2.12. The molecule has 0 saturated heterocycles. The van der Waals surface area contributed by atoms with E-state index in [0.29, 0.717) is 39.1 Å². The van der Waals surface area contributed by atoms with Gasteiger partial charge in [0.2, 0.25) is 0 Å².